The third kappa shape index (κ3) is 7.73. The zero-order chi connectivity index (χ0) is 7.98. The topological polar surface area (TPSA) is 26.3 Å². The summed E-state index contributed by atoms with van der Waals surface area (Å²) < 4.78 is 4.79. The van der Waals surface area contributed by atoms with E-state index in [1.807, 2.05) is 13.8 Å². The Morgan fingerprint density at radius 3 is 2.25 bits per heavy atom. The van der Waals surface area contributed by atoms with Crippen molar-refractivity contribution in [2.24, 2.45) is 5.92 Å². The molecule has 0 spiro atoms. The Bertz CT molecular complexity index is 100. The minimum absolute atomic E-state index is 0. The standard InChI is InChI=1S/C8H16O2.2CH4/c1-4-7(2)8(9)5-6-10-3;;/h7H,4-6H2,1-3H3;2*1H4. The van der Waals surface area contributed by atoms with Gasteiger partial charge in [-0.25, -0.2) is 0 Å². The second-order valence-corrected chi connectivity index (χ2v) is 2.52. The number of ether oxygens (including phenoxy) is 1. The Morgan fingerprint density at radius 1 is 1.42 bits per heavy atom. The molecule has 0 aliphatic carbocycles. The normalized spacial score (nSPS) is 10.9. The fourth-order valence-corrected chi connectivity index (χ4v) is 0.677. The van der Waals surface area contributed by atoms with Gasteiger partial charge in [0, 0.05) is 19.4 Å². The molecule has 2 nitrogen and oxygen atoms in total. The van der Waals surface area contributed by atoms with Gasteiger partial charge in [-0.1, -0.05) is 28.7 Å². The molecule has 76 valence electrons. The quantitative estimate of drug-likeness (QED) is 0.644. The van der Waals surface area contributed by atoms with Crippen molar-refractivity contribution < 1.29 is 9.53 Å². The molecule has 0 rings (SSSR count). The number of hydrogen-bond donors (Lipinski definition) is 0. The van der Waals surface area contributed by atoms with Crippen molar-refractivity contribution >= 4 is 5.78 Å². The van der Waals surface area contributed by atoms with Crippen molar-refractivity contribution in [3.8, 4) is 0 Å². The molecular weight excluding hydrogens is 152 g/mol. The Morgan fingerprint density at radius 2 is 1.92 bits per heavy atom. The van der Waals surface area contributed by atoms with Crippen LogP contribution in [0.5, 0.6) is 0 Å². The van der Waals surface area contributed by atoms with Gasteiger partial charge in [-0.15, -0.1) is 0 Å². The summed E-state index contributed by atoms with van der Waals surface area (Å²) in [5, 5.41) is 0. The molecule has 2 heteroatoms. The van der Waals surface area contributed by atoms with Crippen LogP contribution in [0, 0.1) is 5.92 Å². The lowest BCUT2D eigenvalue weighted by Crippen LogP contribution is -2.11. The minimum atomic E-state index is 0. The lowest BCUT2D eigenvalue weighted by Gasteiger charge is -2.05. The predicted octanol–water partition coefficient (Wildman–Crippen LogP) is 2.91. The van der Waals surface area contributed by atoms with Crippen molar-refractivity contribution in [2.45, 2.75) is 41.5 Å². The molecule has 0 radical (unpaired) electrons. The molecule has 0 aliphatic heterocycles. The van der Waals surface area contributed by atoms with Crippen LogP contribution in [-0.2, 0) is 9.53 Å². The molecule has 1 atom stereocenters. The monoisotopic (exact) mass is 176 g/mol. The molecule has 0 aromatic heterocycles. The minimum Gasteiger partial charge on any atom is -0.384 e. The van der Waals surface area contributed by atoms with Gasteiger partial charge in [-0.2, -0.15) is 0 Å². The summed E-state index contributed by atoms with van der Waals surface area (Å²) in [5.74, 6) is 0.513. The lowest BCUT2D eigenvalue weighted by molar-refractivity contribution is -0.123. The molecule has 0 amide bonds. The highest BCUT2D eigenvalue weighted by Gasteiger charge is 2.08. The molecular formula is C10H24O2. The maximum atomic E-state index is 11.1. The zero-order valence-corrected chi connectivity index (χ0v) is 7.02. The molecule has 0 saturated heterocycles. The number of Topliss-reactive ketones (excluding diaryl/α,β-unsaturated/α-hetero) is 1. The summed E-state index contributed by atoms with van der Waals surface area (Å²) in [5.41, 5.74) is 0. The number of ketones is 1. The van der Waals surface area contributed by atoms with Gasteiger partial charge in [0.05, 0.1) is 6.61 Å². The van der Waals surface area contributed by atoms with Crippen molar-refractivity contribution in [1.82, 2.24) is 0 Å². The Labute approximate surface area is 77.3 Å². The van der Waals surface area contributed by atoms with E-state index in [4.69, 9.17) is 4.74 Å². The largest absolute Gasteiger partial charge is 0.384 e. The first-order chi connectivity index (χ1) is 4.72. The average molecular weight is 176 g/mol. The van der Waals surface area contributed by atoms with Gasteiger partial charge in [0.25, 0.3) is 0 Å². The SMILES string of the molecule is C.C.CCC(C)C(=O)CCOC. The van der Waals surface area contributed by atoms with Gasteiger partial charge in [0.15, 0.2) is 0 Å². The number of hydrogen-bond acceptors (Lipinski definition) is 2. The Kier molecular flexibility index (Phi) is 15.6. The highest BCUT2D eigenvalue weighted by atomic mass is 16.5. The first kappa shape index (κ1) is 17.6. The molecule has 12 heavy (non-hydrogen) atoms. The van der Waals surface area contributed by atoms with Gasteiger partial charge in [0.1, 0.15) is 5.78 Å². The first-order valence-electron chi connectivity index (χ1n) is 3.74. The van der Waals surface area contributed by atoms with Crippen LogP contribution in [0.2, 0.25) is 0 Å². The Hall–Kier alpha value is -0.370. The van der Waals surface area contributed by atoms with Crippen LogP contribution in [0.25, 0.3) is 0 Å². The summed E-state index contributed by atoms with van der Waals surface area (Å²) in [6.07, 6.45) is 1.49. The molecule has 0 fully saturated rings. The molecule has 0 bridgehead atoms. The molecule has 1 unspecified atom stereocenters. The summed E-state index contributed by atoms with van der Waals surface area (Å²) in [6.45, 7) is 4.54. The number of methoxy groups -OCH3 is 1. The molecule has 0 N–H and O–H groups in total. The van der Waals surface area contributed by atoms with Crippen molar-refractivity contribution in [2.75, 3.05) is 13.7 Å². The third-order valence-corrected chi connectivity index (χ3v) is 1.71. The fourth-order valence-electron chi connectivity index (χ4n) is 0.677. The average Bonchev–Trinajstić information content (AvgIpc) is 1.98. The van der Waals surface area contributed by atoms with Crippen LogP contribution in [0.3, 0.4) is 0 Å². The third-order valence-electron chi connectivity index (χ3n) is 1.71. The second kappa shape index (κ2) is 10.6. The number of rotatable bonds is 5. The smallest absolute Gasteiger partial charge is 0.137 e. The van der Waals surface area contributed by atoms with Gasteiger partial charge >= 0.3 is 0 Å². The summed E-state index contributed by atoms with van der Waals surface area (Å²) >= 11 is 0. The number of carbonyl (C=O) groups is 1. The maximum Gasteiger partial charge on any atom is 0.137 e. The Balaban J connectivity index is -0.000000405. The van der Waals surface area contributed by atoms with E-state index in [2.05, 4.69) is 0 Å². The lowest BCUT2D eigenvalue weighted by atomic mass is 10.0. The van der Waals surface area contributed by atoms with Crippen LogP contribution in [-0.4, -0.2) is 19.5 Å². The summed E-state index contributed by atoms with van der Waals surface area (Å²) in [7, 11) is 1.61. The summed E-state index contributed by atoms with van der Waals surface area (Å²) in [6, 6.07) is 0. The van der Waals surface area contributed by atoms with Gasteiger partial charge < -0.3 is 4.74 Å². The first-order valence-corrected chi connectivity index (χ1v) is 3.74. The zero-order valence-electron chi connectivity index (χ0n) is 7.02. The molecule has 0 heterocycles. The van der Waals surface area contributed by atoms with E-state index in [9.17, 15) is 4.79 Å². The van der Waals surface area contributed by atoms with Crippen LogP contribution in [0.15, 0.2) is 0 Å². The van der Waals surface area contributed by atoms with Crippen LogP contribution < -0.4 is 0 Å². The van der Waals surface area contributed by atoms with Crippen molar-refractivity contribution in [3.05, 3.63) is 0 Å². The second-order valence-electron chi connectivity index (χ2n) is 2.52. The van der Waals surface area contributed by atoms with E-state index >= 15 is 0 Å². The van der Waals surface area contributed by atoms with Crippen LogP contribution in [0.4, 0.5) is 0 Å². The van der Waals surface area contributed by atoms with Crippen molar-refractivity contribution in [3.63, 3.8) is 0 Å². The van der Waals surface area contributed by atoms with E-state index in [0.29, 0.717) is 18.8 Å². The van der Waals surface area contributed by atoms with Gasteiger partial charge in [-0.3, -0.25) is 4.79 Å². The van der Waals surface area contributed by atoms with E-state index in [1.165, 1.54) is 0 Å². The van der Waals surface area contributed by atoms with Crippen LogP contribution >= 0.6 is 0 Å². The molecule has 0 aromatic rings. The number of carbonyl (C=O) groups excluding carboxylic acids is 1. The van der Waals surface area contributed by atoms with E-state index < -0.39 is 0 Å². The fraction of sp³-hybridized carbons (Fsp3) is 0.900. The predicted molar refractivity (Wildman–Crippen MR) is 54.4 cm³/mol. The molecule has 0 aliphatic rings. The maximum absolute atomic E-state index is 11.1. The van der Waals surface area contributed by atoms with E-state index in [-0.39, 0.29) is 20.8 Å². The van der Waals surface area contributed by atoms with Gasteiger partial charge in [0.2, 0.25) is 0 Å². The van der Waals surface area contributed by atoms with Crippen LogP contribution in [0.1, 0.15) is 41.5 Å². The van der Waals surface area contributed by atoms with E-state index in [0.717, 1.165) is 6.42 Å². The van der Waals surface area contributed by atoms with E-state index in [1.54, 1.807) is 7.11 Å². The van der Waals surface area contributed by atoms with Crippen molar-refractivity contribution in [1.29, 1.82) is 0 Å². The summed E-state index contributed by atoms with van der Waals surface area (Å²) in [4.78, 5) is 11.1. The highest BCUT2D eigenvalue weighted by molar-refractivity contribution is 5.80. The van der Waals surface area contributed by atoms with Gasteiger partial charge in [-0.05, 0) is 6.42 Å². The highest BCUT2D eigenvalue weighted by Crippen LogP contribution is 2.04. The molecule has 0 saturated carbocycles. The molecule has 0 aromatic carbocycles.